The highest BCUT2D eigenvalue weighted by molar-refractivity contribution is 5.76. The van der Waals surface area contributed by atoms with Crippen LogP contribution in [0.4, 0.5) is 0 Å². The number of hydrogen-bond donors (Lipinski definition) is 4. The van der Waals surface area contributed by atoms with Gasteiger partial charge in [0.1, 0.15) is 0 Å². The van der Waals surface area contributed by atoms with Crippen LogP contribution in [-0.2, 0) is 9.59 Å². The van der Waals surface area contributed by atoms with Crippen LogP contribution in [0.2, 0.25) is 0 Å². The average molecular weight is 481 g/mol. The van der Waals surface area contributed by atoms with Crippen molar-refractivity contribution in [2.75, 3.05) is 0 Å². The van der Waals surface area contributed by atoms with Crippen LogP contribution in [0.5, 0.6) is 0 Å². The molecule has 0 aromatic carbocycles. The van der Waals surface area contributed by atoms with E-state index in [9.17, 15) is 14.7 Å². The van der Waals surface area contributed by atoms with Crippen LogP contribution < -0.4 is 10.6 Å². The van der Waals surface area contributed by atoms with Gasteiger partial charge in [0.2, 0.25) is 0 Å². The van der Waals surface area contributed by atoms with Crippen LogP contribution in [0.25, 0.3) is 0 Å². The molecule has 0 amide bonds. The molecule has 4 N–H and O–H groups in total. The van der Waals surface area contributed by atoms with Crippen molar-refractivity contribution in [1.82, 2.24) is 10.6 Å². The third kappa shape index (κ3) is 7.68. The number of hydrogen-bond acceptors (Lipinski definition) is 4. The summed E-state index contributed by atoms with van der Waals surface area (Å²) >= 11 is 0. The molecule has 0 bridgehead atoms. The van der Waals surface area contributed by atoms with Crippen LogP contribution >= 0.6 is 0 Å². The molecule has 0 atom stereocenters. The van der Waals surface area contributed by atoms with Gasteiger partial charge >= 0.3 is 11.9 Å². The third-order valence-electron chi connectivity index (χ3n) is 8.22. The van der Waals surface area contributed by atoms with Gasteiger partial charge in [0.05, 0.1) is 5.41 Å². The molecule has 2 aliphatic heterocycles. The van der Waals surface area contributed by atoms with Gasteiger partial charge in [-0.1, -0.05) is 25.7 Å². The maximum atomic E-state index is 13.4. The van der Waals surface area contributed by atoms with Gasteiger partial charge in [0.15, 0.2) is 0 Å². The summed E-state index contributed by atoms with van der Waals surface area (Å²) in [4.78, 5) is 24.2. The van der Waals surface area contributed by atoms with Gasteiger partial charge in [-0.15, -0.1) is 0 Å². The molecular weight excluding hydrogens is 428 g/mol. The Bertz CT molecular complexity index is 656. The first-order valence-electron chi connectivity index (χ1n) is 13.4. The first-order chi connectivity index (χ1) is 15.4. The second-order valence-corrected chi connectivity index (χ2v) is 14.0. The SMILES string of the molecule is CC1(C)CC(C(CCCCCCCC(=O)O)(C(=O)O)C2CC(C)(C)NC(C)(C)C2)CC(C)(C)N1. The Morgan fingerprint density at radius 3 is 1.38 bits per heavy atom. The lowest BCUT2D eigenvalue weighted by Crippen LogP contribution is -2.65. The van der Waals surface area contributed by atoms with Crippen LogP contribution in [0, 0.1) is 17.3 Å². The Morgan fingerprint density at radius 2 is 1.03 bits per heavy atom. The molecule has 6 heteroatoms. The molecule has 0 radical (unpaired) electrons. The number of rotatable bonds is 11. The number of unbranched alkanes of at least 4 members (excludes halogenated alkanes) is 4. The second kappa shape index (κ2) is 10.5. The van der Waals surface area contributed by atoms with Gasteiger partial charge in [-0.25, -0.2) is 0 Å². The van der Waals surface area contributed by atoms with Gasteiger partial charge in [-0.2, -0.15) is 0 Å². The maximum Gasteiger partial charge on any atom is 0.310 e. The average Bonchev–Trinajstić information content (AvgIpc) is 2.58. The van der Waals surface area contributed by atoms with E-state index in [0.717, 1.165) is 51.4 Å². The van der Waals surface area contributed by atoms with E-state index in [2.05, 4.69) is 66.0 Å². The molecule has 0 aromatic rings. The van der Waals surface area contributed by atoms with Crippen molar-refractivity contribution >= 4 is 11.9 Å². The predicted molar refractivity (Wildman–Crippen MR) is 138 cm³/mol. The molecule has 2 aliphatic rings. The van der Waals surface area contributed by atoms with Crippen LogP contribution in [0.3, 0.4) is 0 Å². The molecule has 0 unspecified atom stereocenters. The molecule has 2 fully saturated rings. The number of carboxylic acid groups (broad SMARTS) is 2. The van der Waals surface area contributed by atoms with Gasteiger partial charge < -0.3 is 20.8 Å². The lowest BCUT2D eigenvalue weighted by Gasteiger charge is -2.57. The van der Waals surface area contributed by atoms with E-state index in [0.29, 0.717) is 12.8 Å². The summed E-state index contributed by atoms with van der Waals surface area (Å²) in [6.07, 6.45) is 8.80. The summed E-state index contributed by atoms with van der Waals surface area (Å²) < 4.78 is 0. The minimum absolute atomic E-state index is 0.109. The fraction of sp³-hybridized carbons (Fsp3) is 0.929. The zero-order chi connectivity index (χ0) is 26.0. The molecule has 0 aliphatic carbocycles. The third-order valence-corrected chi connectivity index (χ3v) is 8.22. The normalized spacial score (nSPS) is 24.6. The summed E-state index contributed by atoms with van der Waals surface area (Å²) in [6.45, 7) is 17.7. The zero-order valence-corrected chi connectivity index (χ0v) is 23.1. The minimum Gasteiger partial charge on any atom is -0.481 e. The smallest absolute Gasteiger partial charge is 0.310 e. The van der Waals surface area contributed by atoms with Crippen molar-refractivity contribution in [2.24, 2.45) is 17.3 Å². The molecule has 0 aromatic heterocycles. The van der Waals surface area contributed by atoms with Crippen LogP contribution in [-0.4, -0.2) is 44.3 Å². The number of aliphatic carboxylic acids is 2. The molecule has 0 saturated carbocycles. The molecule has 198 valence electrons. The van der Waals surface area contributed by atoms with Crippen LogP contribution in [0.1, 0.15) is 126 Å². The van der Waals surface area contributed by atoms with E-state index >= 15 is 0 Å². The summed E-state index contributed by atoms with van der Waals surface area (Å²) in [5.41, 5.74) is -1.19. The zero-order valence-electron chi connectivity index (χ0n) is 23.1. The first-order valence-corrected chi connectivity index (χ1v) is 13.4. The van der Waals surface area contributed by atoms with Crippen LogP contribution in [0.15, 0.2) is 0 Å². The Hall–Kier alpha value is -1.14. The maximum absolute atomic E-state index is 13.4. The largest absolute Gasteiger partial charge is 0.481 e. The van der Waals surface area contributed by atoms with Crippen molar-refractivity contribution in [3.63, 3.8) is 0 Å². The van der Waals surface area contributed by atoms with E-state index in [1.807, 2.05) is 0 Å². The molecule has 2 heterocycles. The number of nitrogens with one attached hydrogen (secondary N) is 2. The van der Waals surface area contributed by atoms with Crippen molar-refractivity contribution in [2.45, 2.75) is 148 Å². The van der Waals surface area contributed by atoms with Gasteiger partial charge in [-0.3, -0.25) is 9.59 Å². The summed E-state index contributed by atoms with van der Waals surface area (Å²) in [5.74, 6) is -1.14. The quantitative estimate of drug-likeness (QED) is 0.271. The summed E-state index contributed by atoms with van der Waals surface area (Å²) in [7, 11) is 0. The molecule has 0 spiro atoms. The van der Waals surface area contributed by atoms with E-state index < -0.39 is 17.4 Å². The van der Waals surface area contributed by atoms with E-state index in [4.69, 9.17) is 5.11 Å². The first kappa shape index (κ1) is 29.1. The lowest BCUT2D eigenvalue weighted by atomic mass is 9.52. The Balaban J connectivity index is 2.34. The standard InChI is InChI=1S/C28H52N2O4/c1-24(2)16-20(17-25(3,4)29-24)28(23(33)34,15-13-11-9-10-12-14-22(31)32)21-18-26(5,6)30-27(7,8)19-21/h20-21,29-30H,9-19H2,1-8H3,(H,31,32)(H,33,34). The fourth-order valence-electron chi connectivity index (χ4n) is 7.79. The molecule has 34 heavy (non-hydrogen) atoms. The number of piperidine rings is 2. The lowest BCUT2D eigenvalue weighted by molar-refractivity contribution is -0.166. The molecule has 6 nitrogen and oxygen atoms in total. The monoisotopic (exact) mass is 480 g/mol. The van der Waals surface area contributed by atoms with E-state index in [1.165, 1.54) is 0 Å². The van der Waals surface area contributed by atoms with Crippen molar-refractivity contribution in [1.29, 1.82) is 0 Å². The molecule has 2 saturated heterocycles. The summed E-state index contributed by atoms with van der Waals surface area (Å²) in [5, 5.41) is 27.4. The van der Waals surface area contributed by atoms with E-state index in [-0.39, 0.29) is 40.4 Å². The van der Waals surface area contributed by atoms with Crippen molar-refractivity contribution < 1.29 is 19.8 Å². The second-order valence-electron chi connectivity index (χ2n) is 14.0. The van der Waals surface area contributed by atoms with E-state index in [1.54, 1.807) is 0 Å². The van der Waals surface area contributed by atoms with Gasteiger partial charge in [-0.05, 0) is 106 Å². The van der Waals surface area contributed by atoms with Crippen molar-refractivity contribution in [3.8, 4) is 0 Å². The fourth-order valence-corrected chi connectivity index (χ4v) is 7.79. The van der Waals surface area contributed by atoms with Crippen molar-refractivity contribution in [3.05, 3.63) is 0 Å². The topological polar surface area (TPSA) is 98.7 Å². The van der Waals surface area contributed by atoms with Gasteiger partial charge in [0.25, 0.3) is 0 Å². The minimum atomic E-state index is -0.756. The molecule has 2 rings (SSSR count). The Kier molecular flexibility index (Phi) is 8.95. The predicted octanol–water partition coefficient (Wildman–Crippen LogP) is 5.99. The number of carboxylic acids is 2. The summed E-state index contributed by atoms with van der Waals surface area (Å²) in [6, 6.07) is 0. The Labute approximate surface area is 208 Å². The Morgan fingerprint density at radius 1 is 0.676 bits per heavy atom. The highest BCUT2D eigenvalue weighted by Crippen LogP contribution is 2.55. The highest BCUT2D eigenvalue weighted by Gasteiger charge is 2.58. The number of carbonyl (C=O) groups is 2. The highest BCUT2D eigenvalue weighted by atomic mass is 16.4. The van der Waals surface area contributed by atoms with Gasteiger partial charge in [0, 0.05) is 28.6 Å². The molecular formula is C28H52N2O4.